The van der Waals surface area contributed by atoms with Gasteiger partial charge in [0.25, 0.3) is 5.91 Å². The van der Waals surface area contributed by atoms with Crippen molar-refractivity contribution >= 4 is 23.2 Å². The quantitative estimate of drug-likeness (QED) is 0.638. The van der Waals surface area contributed by atoms with Gasteiger partial charge < -0.3 is 21.7 Å². The molecule has 120 valence electrons. The van der Waals surface area contributed by atoms with Crippen molar-refractivity contribution in [3.63, 3.8) is 0 Å². The maximum atomic E-state index is 13.2. The molecule has 2 aromatic rings. The van der Waals surface area contributed by atoms with Gasteiger partial charge in [-0.25, -0.2) is 14.4 Å². The minimum atomic E-state index is -0.724. The summed E-state index contributed by atoms with van der Waals surface area (Å²) < 4.78 is 13.2. The number of nitrogens with two attached hydrogens (primary N) is 1. The van der Waals surface area contributed by atoms with Crippen LogP contribution in [0.3, 0.4) is 0 Å². The fourth-order valence-corrected chi connectivity index (χ4v) is 2.33. The largest absolute Gasteiger partial charge is 0.365 e. The van der Waals surface area contributed by atoms with Gasteiger partial charge in [-0.2, -0.15) is 0 Å². The number of amides is 1. The van der Waals surface area contributed by atoms with Crippen LogP contribution in [0, 0.1) is 5.82 Å². The lowest BCUT2D eigenvalue weighted by Crippen LogP contribution is -2.24. The molecule has 0 aromatic carbocycles. The predicted molar refractivity (Wildman–Crippen MR) is 82.9 cm³/mol. The fourth-order valence-electron chi connectivity index (χ4n) is 2.33. The van der Waals surface area contributed by atoms with E-state index in [1.165, 1.54) is 18.5 Å². The number of nitrogens with zero attached hydrogens (tertiary/aromatic N) is 3. The molecule has 9 heteroatoms. The lowest BCUT2D eigenvalue weighted by atomic mass is 10.2. The molecule has 1 aliphatic heterocycles. The number of nitrogens with one attached hydrogen (secondary N) is 3. The van der Waals surface area contributed by atoms with E-state index in [9.17, 15) is 9.18 Å². The molecule has 1 fully saturated rings. The zero-order valence-electron chi connectivity index (χ0n) is 12.2. The van der Waals surface area contributed by atoms with Crippen LogP contribution < -0.4 is 21.7 Å². The number of carbonyl (C=O) groups is 1. The topological polar surface area (TPSA) is 118 Å². The lowest BCUT2D eigenvalue weighted by Gasteiger charge is -2.14. The third-order valence-corrected chi connectivity index (χ3v) is 3.39. The van der Waals surface area contributed by atoms with Crippen molar-refractivity contribution in [1.82, 2.24) is 20.3 Å². The summed E-state index contributed by atoms with van der Waals surface area (Å²) in [6.07, 6.45) is 4.91. The summed E-state index contributed by atoms with van der Waals surface area (Å²) in [5.41, 5.74) is 5.64. The Bertz CT molecular complexity index is 718. The monoisotopic (exact) mass is 317 g/mol. The minimum Gasteiger partial charge on any atom is -0.365 e. The Morgan fingerprint density at radius 1 is 1.39 bits per heavy atom. The van der Waals surface area contributed by atoms with Crippen LogP contribution in [0.15, 0.2) is 24.7 Å². The smallest absolute Gasteiger partial charge is 0.271 e. The molecule has 1 saturated heterocycles. The van der Waals surface area contributed by atoms with E-state index in [0.29, 0.717) is 11.5 Å². The van der Waals surface area contributed by atoms with Crippen LogP contribution in [0.1, 0.15) is 16.9 Å². The number of hydrogen-bond acceptors (Lipinski definition) is 7. The Morgan fingerprint density at radius 3 is 2.96 bits per heavy atom. The predicted octanol–water partition coefficient (Wildman–Crippen LogP) is 0.627. The van der Waals surface area contributed by atoms with Gasteiger partial charge in [0.05, 0.1) is 24.3 Å². The maximum Gasteiger partial charge on any atom is 0.271 e. The molecule has 0 bridgehead atoms. The highest BCUT2D eigenvalue weighted by Crippen LogP contribution is 2.20. The molecule has 8 nitrogen and oxygen atoms in total. The van der Waals surface area contributed by atoms with Gasteiger partial charge in [-0.3, -0.25) is 9.78 Å². The third-order valence-electron chi connectivity index (χ3n) is 3.39. The second-order valence-corrected chi connectivity index (χ2v) is 5.17. The second-order valence-electron chi connectivity index (χ2n) is 5.17. The minimum absolute atomic E-state index is 0.0237. The lowest BCUT2D eigenvalue weighted by molar-refractivity contribution is 0.0996. The van der Waals surface area contributed by atoms with E-state index >= 15 is 0 Å². The average Bonchev–Trinajstić information content (AvgIpc) is 3.00. The van der Waals surface area contributed by atoms with Gasteiger partial charge in [-0.05, 0) is 13.0 Å². The summed E-state index contributed by atoms with van der Waals surface area (Å²) in [5, 5.41) is 9.29. The van der Waals surface area contributed by atoms with E-state index in [4.69, 9.17) is 5.73 Å². The van der Waals surface area contributed by atoms with E-state index in [0.717, 1.165) is 25.7 Å². The van der Waals surface area contributed by atoms with Gasteiger partial charge in [0.1, 0.15) is 11.6 Å². The number of halogens is 1. The van der Waals surface area contributed by atoms with Crippen molar-refractivity contribution in [2.45, 2.75) is 12.5 Å². The van der Waals surface area contributed by atoms with Crippen LogP contribution in [-0.2, 0) is 0 Å². The average molecular weight is 317 g/mol. The SMILES string of the molecule is NC(=O)c1ncc(N[C@@H]2CCNC2)nc1Nc1cncc(F)c1. The highest BCUT2D eigenvalue weighted by Gasteiger charge is 2.17. The third kappa shape index (κ3) is 3.69. The molecule has 3 rings (SSSR count). The van der Waals surface area contributed by atoms with Crippen molar-refractivity contribution in [2.24, 2.45) is 5.73 Å². The Hall–Kier alpha value is -2.81. The number of primary amides is 1. The first-order valence-electron chi connectivity index (χ1n) is 7.13. The van der Waals surface area contributed by atoms with Crippen molar-refractivity contribution in [3.05, 3.63) is 36.2 Å². The molecule has 2 aromatic heterocycles. The first kappa shape index (κ1) is 15.1. The van der Waals surface area contributed by atoms with E-state index in [1.54, 1.807) is 0 Å². The standard InChI is InChI=1S/C14H16FN7O/c15-8-3-10(6-18-4-8)21-14-12(13(16)23)19-7-11(22-14)20-9-1-2-17-5-9/h3-4,6-7,9,17H,1-2,5H2,(H2,16,23)(H2,20,21,22)/t9-/m1/s1. The molecule has 1 atom stereocenters. The second kappa shape index (κ2) is 6.53. The van der Waals surface area contributed by atoms with E-state index < -0.39 is 11.7 Å². The molecule has 1 amide bonds. The van der Waals surface area contributed by atoms with Gasteiger partial charge >= 0.3 is 0 Å². The molecule has 1 aliphatic rings. The van der Waals surface area contributed by atoms with E-state index in [-0.39, 0.29) is 17.6 Å². The van der Waals surface area contributed by atoms with Crippen molar-refractivity contribution < 1.29 is 9.18 Å². The Labute approximate surface area is 131 Å². The normalized spacial score (nSPS) is 17.0. The first-order valence-corrected chi connectivity index (χ1v) is 7.13. The van der Waals surface area contributed by atoms with Crippen LogP contribution in [-0.4, -0.2) is 40.0 Å². The Morgan fingerprint density at radius 2 is 2.26 bits per heavy atom. The van der Waals surface area contributed by atoms with Crippen molar-refractivity contribution in [2.75, 3.05) is 23.7 Å². The fraction of sp³-hybridized carbons (Fsp3) is 0.286. The molecule has 0 aliphatic carbocycles. The van der Waals surface area contributed by atoms with E-state index in [2.05, 4.69) is 30.9 Å². The molecule has 3 heterocycles. The zero-order valence-corrected chi connectivity index (χ0v) is 12.2. The van der Waals surface area contributed by atoms with Gasteiger partial charge in [0, 0.05) is 18.7 Å². The molecular weight excluding hydrogens is 301 g/mol. The number of aromatic nitrogens is 3. The van der Waals surface area contributed by atoms with Crippen LogP contribution in [0.5, 0.6) is 0 Å². The van der Waals surface area contributed by atoms with Gasteiger partial charge in [0.15, 0.2) is 11.5 Å². The number of pyridine rings is 1. The number of hydrogen-bond donors (Lipinski definition) is 4. The first-order chi connectivity index (χ1) is 11.1. The molecule has 0 radical (unpaired) electrons. The maximum absolute atomic E-state index is 13.2. The highest BCUT2D eigenvalue weighted by molar-refractivity contribution is 5.96. The molecule has 0 saturated carbocycles. The van der Waals surface area contributed by atoms with Crippen molar-refractivity contribution in [3.8, 4) is 0 Å². The molecule has 23 heavy (non-hydrogen) atoms. The highest BCUT2D eigenvalue weighted by atomic mass is 19.1. The van der Waals surface area contributed by atoms with Gasteiger partial charge in [-0.15, -0.1) is 0 Å². The summed E-state index contributed by atoms with van der Waals surface area (Å²) in [4.78, 5) is 23.6. The molecule has 0 unspecified atom stereocenters. The van der Waals surface area contributed by atoms with Crippen LogP contribution in [0.25, 0.3) is 0 Å². The summed E-state index contributed by atoms with van der Waals surface area (Å²) in [7, 11) is 0. The number of carbonyl (C=O) groups excluding carboxylic acids is 1. The summed E-state index contributed by atoms with van der Waals surface area (Å²) in [6, 6.07) is 1.48. The molecule has 0 spiro atoms. The van der Waals surface area contributed by atoms with Gasteiger partial charge in [-0.1, -0.05) is 0 Å². The van der Waals surface area contributed by atoms with Crippen LogP contribution in [0.2, 0.25) is 0 Å². The Kier molecular flexibility index (Phi) is 4.29. The van der Waals surface area contributed by atoms with Gasteiger partial charge in [0.2, 0.25) is 0 Å². The molecular formula is C14H16FN7O. The van der Waals surface area contributed by atoms with E-state index in [1.807, 2.05) is 0 Å². The summed E-state index contributed by atoms with van der Waals surface area (Å²) in [5.74, 6) is -0.565. The molecule has 5 N–H and O–H groups in total. The number of rotatable bonds is 5. The van der Waals surface area contributed by atoms with Crippen LogP contribution >= 0.6 is 0 Å². The van der Waals surface area contributed by atoms with Crippen LogP contribution in [0.4, 0.5) is 21.7 Å². The summed E-state index contributed by atoms with van der Waals surface area (Å²) >= 11 is 0. The number of anilines is 3. The van der Waals surface area contributed by atoms with Crippen molar-refractivity contribution in [1.29, 1.82) is 0 Å². The summed E-state index contributed by atoms with van der Waals surface area (Å²) in [6.45, 7) is 1.76. The Balaban J connectivity index is 1.86. The zero-order chi connectivity index (χ0) is 16.2.